The van der Waals surface area contributed by atoms with Crippen molar-refractivity contribution >= 4 is 17.9 Å². The molecule has 21 heavy (non-hydrogen) atoms. The zero-order valence-corrected chi connectivity index (χ0v) is 11.4. The number of hydrogen-bond acceptors (Lipinski definition) is 6. The van der Waals surface area contributed by atoms with Crippen molar-refractivity contribution in [3.8, 4) is 5.75 Å². The number of carbonyl (C=O) groups is 3. The largest absolute Gasteiger partial charge is 0.480 e. The summed E-state index contributed by atoms with van der Waals surface area (Å²) < 4.78 is 10.2. The maximum absolute atomic E-state index is 12.1. The van der Waals surface area contributed by atoms with Gasteiger partial charge in [-0.15, -0.1) is 0 Å². The highest BCUT2D eigenvalue weighted by Crippen LogP contribution is 2.21. The van der Waals surface area contributed by atoms with Crippen LogP contribution in [0.15, 0.2) is 24.3 Å². The first-order valence-corrected chi connectivity index (χ1v) is 6.42. The van der Waals surface area contributed by atoms with Gasteiger partial charge in [-0.2, -0.15) is 0 Å². The Morgan fingerprint density at radius 1 is 1.29 bits per heavy atom. The molecule has 112 valence electrons. The van der Waals surface area contributed by atoms with E-state index in [2.05, 4.69) is 5.32 Å². The average Bonchev–Trinajstić information content (AvgIpc) is 2.87. The van der Waals surface area contributed by atoms with Crippen LogP contribution in [0.3, 0.4) is 0 Å². The van der Waals surface area contributed by atoms with Gasteiger partial charge >= 0.3 is 17.9 Å². The van der Waals surface area contributed by atoms with Crippen LogP contribution in [0.5, 0.6) is 5.75 Å². The fourth-order valence-corrected chi connectivity index (χ4v) is 2.08. The average molecular weight is 293 g/mol. The molecule has 1 aliphatic heterocycles. The van der Waals surface area contributed by atoms with Crippen LogP contribution < -0.4 is 10.1 Å². The van der Waals surface area contributed by atoms with Crippen LogP contribution in [-0.2, 0) is 14.3 Å². The first kappa shape index (κ1) is 15.0. The van der Waals surface area contributed by atoms with Crippen molar-refractivity contribution in [1.82, 2.24) is 5.32 Å². The molecule has 1 aromatic carbocycles. The SMILES string of the molecule is CC(=O)Oc1ccccc1C(=O)O[C@H]1CN[C@H](C(=O)O)C1. The Kier molecular flexibility index (Phi) is 4.54. The van der Waals surface area contributed by atoms with Crippen molar-refractivity contribution in [2.24, 2.45) is 0 Å². The van der Waals surface area contributed by atoms with Gasteiger partial charge in [-0.05, 0) is 12.1 Å². The molecule has 0 saturated carbocycles. The monoisotopic (exact) mass is 293 g/mol. The third-order valence-corrected chi connectivity index (χ3v) is 3.02. The first-order valence-electron chi connectivity index (χ1n) is 6.42. The minimum atomic E-state index is -0.978. The second kappa shape index (κ2) is 6.36. The standard InChI is InChI=1S/C14H15NO6/c1-8(16)20-12-5-3-2-4-10(12)14(19)21-9-6-11(13(17)18)15-7-9/h2-5,9,11,15H,6-7H2,1H3,(H,17,18)/t9-,11+/m1/s1. The van der Waals surface area contributed by atoms with E-state index in [0.717, 1.165) is 0 Å². The van der Waals surface area contributed by atoms with Crippen molar-refractivity contribution in [3.05, 3.63) is 29.8 Å². The molecule has 2 rings (SSSR count). The highest BCUT2D eigenvalue weighted by atomic mass is 16.6. The molecule has 1 heterocycles. The molecular weight excluding hydrogens is 278 g/mol. The summed E-state index contributed by atoms with van der Waals surface area (Å²) in [5.74, 6) is -2.04. The molecule has 1 fully saturated rings. The molecule has 2 atom stereocenters. The molecule has 1 saturated heterocycles. The lowest BCUT2D eigenvalue weighted by Gasteiger charge is -2.13. The van der Waals surface area contributed by atoms with Gasteiger partial charge in [-0.25, -0.2) is 4.79 Å². The van der Waals surface area contributed by atoms with Gasteiger partial charge in [-0.3, -0.25) is 9.59 Å². The number of hydrogen-bond donors (Lipinski definition) is 2. The molecular formula is C14H15NO6. The van der Waals surface area contributed by atoms with E-state index in [1.807, 2.05) is 0 Å². The molecule has 1 aromatic rings. The molecule has 0 bridgehead atoms. The predicted molar refractivity (Wildman–Crippen MR) is 71.0 cm³/mol. The molecule has 0 unspecified atom stereocenters. The van der Waals surface area contributed by atoms with E-state index in [-0.39, 0.29) is 24.3 Å². The summed E-state index contributed by atoms with van der Waals surface area (Å²) in [5.41, 5.74) is 0.131. The maximum Gasteiger partial charge on any atom is 0.342 e. The van der Waals surface area contributed by atoms with E-state index in [0.29, 0.717) is 0 Å². The minimum absolute atomic E-state index is 0.121. The fraction of sp³-hybridized carbons (Fsp3) is 0.357. The Morgan fingerprint density at radius 2 is 2.00 bits per heavy atom. The zero-order valence-electron chi connectivity index (χ0n) is 11.4. The number of rotatable bonds is 4. The number of esters is 2. The lowest BCUT2D eigenvalue weighted by Crippen LogP contribution is -2.30. The number of carbonyl (C=O) groups excluding carboxylic acids is 2. The lowest BCUT2D eigenvalue weighted by atomic mass is 10.2. The third-order valence-electron chi connectivity index (χ3n) is 3.02. The van der Waals surface area contributed by atoms with Crippen molar-refractivity contribution in [1.29, 1.82) is 0 Å². The summed E-state index contributed by atoms with van der Waals surface area (Å²) in [7, 11) is 0. The number of aliphatic carboxylic acids is 1. The van der Waals surface area contributed by atoms with Crippen molar-refractivity contribution < 1.29 is 29.0 Å². The normalized spacial score (nSPS) is 20.8. The van der Waals surface area contributed by atoms with Crippen LogP contribution in [0.2, 0.25) is 0 Å². The van der Waals surface area contributed by atoms with Crippen molar-refractivity contribution in [2.75, 3.05) is 6.54 Å². The van der Waals surface area contributed by atoms with Crippen LogP contribution in [-0.4, -0.2) is 41.7 Å². The molecule has 2 N–H and O–H groups in total. The number of carboxylic acid groups (broad SMARTS) is 1. The van der Waals surface area contributed by atoms with Gasteiger partial charge in [0.25, 0.3) is 0 Å². The van der Waals surface area contributed by atoms with Crippen LogP contribution in [0.4, 0.5) is 0 Å². The van der Waals surface area contributed by atoms with Gasteiger partial charge in [0.05, 0.1) is 0 Å². The Balaban J connectivity index is 2.04. The van der Waals surface area contributed by atoms with Gasteiger partial charge in [0.2, 0.25) is 0 Å². The molecule has 0 aliphatic carbocycles. The summed E-state index contributed by atoms with van der Waals surface area (Å²) in [5, 5.41) is 11.6. The molecule has 7 heteroatoms. The summed E-state index contributed by atoms with van der Waals surface area (Å²) in [6.45, 7) is 1.51. The topological polar surface area (TPSA) is 102 Å². The molecule has 0 amide bonds. The van der Waals surface area contributed by atoms with Gasteiger partial charge in [0.15, 0.2) is 0 Å². The van der Waals surface area contributed by atoms with Gasteiger partial charge in [0.1, 0.15) is 23.5 Å². The van der Waals surface area contributed by atoms with E-state index in [4.69, 9.17) is 14.6 Å². The van der Waals surface area contributed by atoms with Crippen LogP contribution in [0.1, 0.15) is 23.7 Å². The highest BCUT2D eigenvalue weighted by Gasteiger charge is 2.32. The van der Waals surface area contributed by atoms with E-state index in [9.17, 15) is 14.4 Å². The lowest BCUT2D eigenvalue weighted by molar-refractivity contribution is -0.139. The number of nitrogens with one attached hydrogen (secondary N) is 1. The number of benzene rings is 1. The van der Waals surface area contributed by atoms with E-state index < -0.39 is 30.1 Å². The van der Waals surface area contributed by atoms with E-state index in [1.165, 1.54) is 19.1 Å². The summed E-state index contributed by atoms with van der Waals surface area (Å²) in [6.07, 6.45) is -0.319. The Morgan fingerprint density at radius 3 is 2.62 bits per heavy atom. The van der Waals surface area contributed by atoms with E-state index in [1.54, 1.807) is 12.1 Å². The summed E-state index contributed by atoms with van der Waals surface area (Å²) in [6, 6.07) is 5.51. The molecule has 1 aliphatic rings. The van der Waals surface area contributed by atoms with Crippen LogP contribution in [0.25, 0.3) is 0 Å². The minimum Gasteiger partial charge on any atom is -0.480 e. The smallest absolute Gasteiger partial charge is 0.342 e. The summed E-state index contributed by atoms with van der Waals surface area (Å²) >= 11 is 0. The third kappa shape index (κ3) is 3.79. The Bertz CT molecular complexity index is 570. The summed E-state index contributed by atoms with van der Waals surface area (Å²) in [4.78, 5) is 33.9. The quantitative estimate of drug-likeness (QED) is 0.618. The Labute approximate surface area is 120 Å². The zero-order chi connectivity index (χ0) is 15.4. The fourth-order valence-electron chi connectivity index (χ4n) is 2.08. The second-order valence-electron chi connectivity index (χ2n) is 4.65. The number of carboxylic acids is 1. The van der Waals surface area contributed by atoms with Gasteiger partial charge < -0.3 is 19.9 Å². The van der Waals surface area contributed by atoms with Gasteiger partial charge in [0, 0.05) is 19.9 Å². The van der Waals surface area contributed by atoms with Crippen molar-refractivity contribution in [2.45, 2.75) is 25.5 Å². The molecule has 0 spiro atoms. The molecule has 0 aromatic heterocycles. The second-order valence-corrected chi connectivity index (χ2v) is 4.65. The Hall–Kier alpha value is -2.41. The molecule has 0 radical (unpaired) electrons. The maximum atomic E-state index is 12.1. The van der Waals surface area contributed by atoms with Crippen LogP contribution >= 0.6 is 0 Å². The van der Waals surface area contributed by atoms with Gasteiger partial charge in [-0.1, -0.05) is 12.1 Å². The number of para-hydroxylation sites is 1. The highest BCUT2D eigenvalue weighted by molar-refractivity contribution is 5.93. The molecule has 7 nitrogen and oxygen atoms in total. The predicted octanol–water partition coefficient (Wildman–Crippen LogP) is 0.584. The van der Waals surface area contributed by atoms with Crippen molar-refractivity contribution in [3.63, 3.8) is 0 Å². The first-order chi connectivity index (χ1) is 9.97. The number of ether oxygens (including phenoxy) is 2. The van der Waals surface area contributed by atoms with Crippen LogP contribution in [0, 0.1) is 0 Å². The van der Waals surface area contributed by atoms with E-state index >= 15 is 0 Å².